The van der Waals surface area contributed by atoms with Crippen molar-refractivity contribution in [3.63, 3.8) is 0 Å². The predicted molar refractivity (Wildman–Crippen MR) is 152 cm³/mol. The van der Waals surface area contributed by atoms with Crippen LogP contribution in [0, 0.1) is 6.92 Å². The third-order valence-electron chi connectivity index (χ3n) is 5.99. The molecule has 1 unspecified atom stereocenters. The van der Waals surface area contributed by atoms with Crippen molar-refractivity contribution in [2.45, 2.75) is 44.7 Å². The zero-order valence-corrected chi connectivity index (χ0v) is 23.9. The summed E-state index contributed by atoms with van der Waals surface area (Å²) in [4.78, 5) is 28.1. The maximum atomic E-state index is 13.8. The van der Waals surface area contributed by atoms with E-state index in [9.17, 15) is 18.0 Å². The van der Waals surface area contributed by atoms with Crippen LogP contribution in [-0.2, 0) is 26.2 Å². The van der Waals surface area contributed by atoms with E-state index in [2.05, 4.69) is 5.32 Å². The Morgan fingerprint density at radius 3 is 2.00 bits per heavy atom. The molecule has 0 radical (unpaired) electrons. The lowest BCUT2D eigenvalue weighted by atomic mass is 10.1. The molecule has 0 saturated heterocycles. The van der Waals surface area contributed by atoms with Gasteiger partial charge in [-0.05, 0) is 74.4 Å². The molecule has 0 bridgehead atoms. The van der Waals surface area contributed by atoms with Gasteiger partial charge in [0.15, 0.2) is 0 Å². The van der Waals surface area contributed by atoms with Crippen molar-refractivity contribution in [1.29, 1.82) is 0 Å². The first-order valence-electron chi connectivity index (χ1n) is 12.2. The number of nitrogens with one attached hydrogen (secondary N) is 1. The Morgan fingerprint density at radius 2 is 1.45 bits per heavy atom. The van der Waals surface area contributed by atoms with E-state index >= 15 is 0 Å². The molecule has 0 aliphatic heterocycles. The van der Waals surface area contributed by atoms with Crippen molar-refractivity contribution in [1.82, 2.24) is 10.2 Å². The largest absolute Gasteiger partial charge is 0.354 e. The molecule has 7 nitrogen and oxygen atoms in total. The second kappa shape index (κ2) is 13.1. The molecule has 0 fully saturated rings. The van der Waals surface area contributed by atoms with Gasteiger partial charge in [0.2, 0.25) is 11.8 Å². The molecular formula is C28H31Cl2N3O4S. The summed E-state index contributed by atoms with van der Waals surface area (Å²) in [5.74, 6) is -0.863. The topological polar surface area (TPSA) is 86.8 Å². The molecule has 3 rings (SSSR count). The number of sulfonamides is 1. The number of carbonyl (C=O) groups is 2. The van der Waals surface area contributed by atoms with Gasteiger partial charge in [-0.1, -0.05) is 60.0 Å². The fourth-order valence-electron chi connectivity index (χ4n) is 3.74. The molecule has 0 aromatic heterocycles. The van der Waals surface area contributed by atoms with Crippen molar-refractivity contribution < 1.29 is 18.0 Å². The third-order valence-corrected chi connectivity index (χ3v) is 8.28. The van der Waals surface area contributed by atoms with Crippen LogP contribution in [0.2, 0.25) is 10.0 Å². The number of benzene rings is 3. The molecule has 10 heteroatoms. The molecule has 1 N–H and O–H groups in total. The fourth-order valence-corrected chi connectivity index (χ4v) is 5.40. The van der Waals surface area contributed by atoms with Crippen molar-refractivity contribution in [3.8, 4) is 0 Å². The highest BCUT2D eigenvalue weighted by molar-refractivity contribution is 7.92. The van der Waals surface area contributed by atoms with Gasteiger partial charge in [-0.2, -0.15) is 0 Å². The maximum absolute atomic E-state index is 13.8. The second-order valence-corrected chi connectivity index (χ2v) is 11.7. The summed E-state index contributed by atoms with van der Waals surface area (Å²) in [5.41, 5.74) is 1.93. The maximum Gasteiger partial charge on any atom is 0.264 e. The zero-order chi connectivity index (χ0) is 27.9. The number of rotatable bonds is 11. The number of nitrogens with zero attached hydrogens (tertiary/aromatic N) is 2. The van der Waals surface area contributed by atoms with Crippen LogP contribution >= 0.6 is 23.2 Å². The van der Waals surface area contributed by atoms with Crippen LogP contribution in [0.1, 0.15) is 31.4 Å². The van der Waals surface area contributed by atoms with E-state index < -0.39 is 28.5 Å². The Balaban J connectivity index is 2.00. The van der Waals surface area contributed by atoms with Gasteiger partial charge in [-0.3, -0.25) is 13.9 Å². The normalized spacial score (nSPS) is 12.0. The van der Waals surface area contributed by atoms with Crippen molar-refractivity contribution in [2.75, 3.05) is 17.4 Å². The van der Waals surface area contributed by atoms with Gasteiger partial charge in [-0.15, -0.1) is 0 Å². The first-order chi connectivity index (χ1) is 18.0. The third kappa shape index (κ3) is 7.49. The van der Waals surface area contributed by atoms with Crippen LogP contribution < -0.4 is 9.62 Å². The molecule has 1 atom stereocenters. The monoisotopic (exact) mass is 575 g/mol. The number of carbonyl (C=O) groups excluding carboxylic acids is 2. The SMILES string of the molecule is CCCNC(=O)C(C)N(Cc1ccc(Cl)cc1)C(=O)CN(c1ccc(Cl)cc1)S(=O)(=O)c1ccc(C)cc1. The summed E-state index contributed by atoms with van der Waals surface area (Å²) < 4.78 is 28.6. The average molecular weight is 577 g/mol. The minimum Gasteiger partial charge on any atom is -0.354 e. The Bertz CT molecular complexity index is 1350. The van der Waals surface area contributed by atoms with E-state index in [1.165, 1.54) is 17.0 Å². The van der Waals surface area contributed by atoms with E-state index in [1.54, 1.807) is 67.6 Å². The molecule has 2 amide bonds. The summed E-state index contributed by atoms with van der Waals surface area (Å²) in [7, 11) is -4.13. The van der Waals surface area contributed by atoms with Crippen LogP contribution in [0.15, 0.2) is 77.7 Å². The average Bonchev–Trinajstić information content (AvgIpc) is 2.90. The Hall–Kier alpha value is -3.07. The standard InChI is InChI=1S/C28H31Cl2N3O4S/c1-4-17-31-28(35)21(3)32(18-22-7-9-23(29)10-8-22)27(34)19-33(25-13-11-24(30)12-14-25)38(36,37)26-15-5-20(2)6-16-26/h5-16,21H,4,17-19H2,1-3H3,(H,31,35). The van der Waals surface area contributed by atoms with Gasteiger partial charge in [0.25, 0.3) is 10.0 Å². The smallest absolute Gasteiger partial charge is 0.264 e. The van der Waals surface area contributed by atoms with Crippen LogP contribution in [0.25, 0.3) is 0 Å². The quantitative estimate of drug-likeness (QED) is 0.330. The Morgan fingerprint density at radius 1 is 0.895 bits per heavy atom. The molecule has 38 heavy (non-hydrogen) atoms. The van der Waals surface area contributed by atoms with Crippen LogP contribution in [0.4, 0.5) is 5.69 Å². The van der Waals surface area contributed by atoms with Gasteiger partial charge >= 0.3 is 0 Å². The molecule has 0 aliphatic rings. The number of amides is 2. The van der Waals surface area contributed by atoms with Gasteiger partial charge < -0.3 is 10.2 Å². The van der Waals surface area contributed by atoms with Crippen molar-refractivity contribution in [2.24, 2.45) is 0 Å². The molecule has 3 aromatic rings. The van der Waals surface area contributed by atoms with E-state index in [4.69, 9.17) is 23.2 Å². The second-order valence-electron chi connectivity index (χ2n) is 8.92. The number of hydrogen-bond acceptors (Lipinski definition) is 4. The highest BCUT2D eigenvalue weighted by Gasteiger charge is 2.32. The summed E-state index contributed by atoms with van der Waals surface area (Å²) in [6.07, 6.45) is 0.739. The number of hydrogen-bond donors (Lipinski definition) is 1. The minimum absolute atomic E-state index is 0.0452. The summed E-state index contributed by atoms with van der Waals surface area (Å²) in [5, 5.41) is 3.78. The highest BCUT2D eigenvalue weighted by atomic mass is 35.5. The zero-order valence-electron chi connectivity index (χ0n) is 21.5. The van der Waals surface area contributed by atoms with Gasteiger partial charge in [0.1, 0.15) is 12.6 Å². The first-order valence-corrected chi connectivity index (χ1v) is 14.4. The Kier molecular flexibility index (Phi) is 10.2. The summed E-state index contributed by atoms with van der Waals surface area (Å²) in [6, 6.07) is 18.7. The fraction of sp³-hybridized carbons (Fsp3) is 0.286. The number of aryl methyl sites for hydroxylation is 1. The van der Waals surface area contributed by atoms with Crippen LogP contribution in [-0.4, -0.2) is 44.3 Å². The highest BCUT2D eigenvalue weighted by Crippen LogP contribution is 2.26. The lowest BCUT2D eigenvalue weighted by molar-refractivity contribution is -0.139. The van der Waals surface area contributed by atoms with Gasteiger partial charge in [0, 0.05) is 23.1 Å². The van der Waals surface area contributed by atoms with E-state index in [1.807, 2.05) is 13.8 Å². The number of anilines is 1. The minimum atomic E-state index is -4.13. The van der Waals surface area contributed by atoms with Crippen molar-refractivity contribution >= 4 is 50.7 Å². The number of halogens is 2. The lowest BCUT2D eigenvalue weighted by Crippen LogP contribution is -2.51. The molecule has 202 valence electrons. The van der Waals surface area contributed by atoms with E-state index in [0.717, 1.165) is 21.9 Å². The van der Waals surface area contributed by atoms with Gasteiger partial charge in [-0.25, -0.2) is 8.42 Å². The van der Waals surface area contributed by atoms with Crippen LogP contribution in [0.5, 0.6) is 0 Å². The van der Waals surface area contributed by atoms with E-state index in [0.29, 0.717) is 16.6 Å². The molecule has 0 saturated carbocycles. The summed E-state index contributed by atoms with van der Waals surface area (Å²) in [6.45, 7) is 5.45. The summed E-state index contributed by atoms with van der Waals surface area (Å²) >= 11 is 12.1. The predicted octanol–water partition coefficient (Wildman–Crippen LogP) is 5.44. The lowest BCUT2D eigenvalue weighted by Gasteiger charge is -2.32. The molecular weight excluding hydrogens is 545 g/mol. The van der Waals surface area contributed by atoms with Crippen LogP contribution in [0.3, 0.4) is 0 Å². The molecule has 0 aliphatic carbocycles. The van der Waals surface area contributed by atoms with Gasteiger partial charge in [0.05, 0.1) is 10.6 Å². The molecule has 0 heterocycles. The first kappa shape index (κ1) is 29.5. The molecule has 0 spiro atoms. The van der Waals surface area contributed by atoms with Crippen molar-refractivity contribution in [3.05, 3.63) is 94.0 Å². The van der Waals surface area contributed by atoms with E-state index in [-0.39, 0.29) is 23.0 Å². The molecule has 3 aromatic carbocycles. The Labute approximate surface area is 234 Å².